The standard InChI is InChI=1S/C10H17ClN2O/c11-7-10(14)12-8-3-5-13-4-1-2-9(13)6-8/h8-9H,1-7H2,(H,12,14). The number of hydrogen-bond donors (Lipinski definition) is 1. The van der Waals surface area contributed by atoms with Gasteiger partial charge < -0.3 is 10.2 Å². The maximum atomic E-state index is 11.1. The molecule has 0 aliphatic carbocycles. The molecule has 2 atom stereocenters. The molecule has 14 heavy (non-hydrogen) atoms. The largest absolute Gasteiger partial charge is 0.352 e. The quantitative estimate of drug-likeness (QED) is 0.698. The van der Waals surface area contributed by atoms with Crippen LogP contribution in [0.5, 0.6) is 0 Å². The SMILES string of the molecule is O=C(CCl)NC1CCN2CCCC2C1. The van der Waals surface area contributed by atoms with Crippen LogP contribution in [0.25, 0.3) is 0 Å². The molecule has 1 N–H and O–H groups in total. The molecular weight excluding hydrogens is 200 g/mol. The van der Waals surface area contributed by atoms with Crippen LogP contribution in [0, 0.1) is 0 Å². The zero-order chi connectivity index (χ0) is 9.97. The number of alkyl halides is 1. The van der Waals surface area contributed by atoms with Crippen LogP contribution in [0.2, 0.25) is 0 Å². The number of hydrogen-bond acceptors (Lipinski definition) is 2. The Hall–Kier alpha value is -0.280. The van der Waals surface area contributed by atoms with Gasteiger partial charge in [-0.3, -0.25) is 4.79 Å². The lowest BCUT2D eigenvalue weighted by Gasteiger charge is -2.35. The van der Waals surface area contributed by atoms with Gasteiger partial charge in [-0.05, 0) is 32.2 Å². The summed E-state index contributed by atoms with van der Waals surface area (Å²) in [6.07, 6.45) is 4.82. The highest BCUT2D eigenvalue weighted by atomic mass is 35.5. The predicted octanol–water partition coefficient (Wildman–Crippen LogP) is 0.968. The molecule has 80 valence electrons. The van der Waals surface area contributed by atoms with Crippen LogP contribution in [0.1, 0.15) is 25.7 Å². The summed E-state index contributed by atoms with van der Waals surface area (Å²) >= 11 is 5.46. The highest BCUT2D eigenvalue weighted by Crippen LogP contribution is 2.26. The maximum Gasteiger partial charge on any atom is 0.235 e. The maximum absolute atomic E-state index is 11.1. The Labute approximate surface area is 89.8 Å². The van der Waals surface area contributed by atoms with E-state index in [2.05, 4.69) is 10.2 Å². The van der Waals surface area contributed by atoms with E-state index in [1.807, 2.05) is 0 Å². The Bertz CT molecular complexity index is 222. The fourth-order valence-corrected chi connectivity index (χ4v) is 2.70. The summed E-state index contributed by atoms with van der Waals surface area (Å²) < 4.78 is 0. The van der Waals surface area contributed by atoms with Crippen molar-refractivity contribution in [3.8, 4) is 0 Å². The zero-order valence-electron chi connectivity index (χ0n) is 8.34. The lowest BCUT2D eigenvalue weighted by molar-refractivity contribution is -0.119. The molecule has 0 aromatic carbocycles. The summed E-state index contributed by atoms with van der Waals surface area (Å²) in [7, 11) is 0. The van der Waals surface area contributed by atoms with Crippen molar-refractivity contribution >= 4 is 17.5 Å². The van der Waals surface area contributed by atoms with E-state index in [9.17, 15) is 4.79 Å². The Morgan fingerprint density at radius 1 is 1.43 bits per heavy atom. The summed E-state index contributed by atoms with van der Waals surface area (Å²) in [5.41, 5.74) is 0. The number of fused-ring (bicyclic) bond motifs is 1. The van der Waals surface area contributed by atoms with E-state index >= 15 is 0 Å². The lowest BCUT2D eigenvalue weighted by Crippen LogP contribution is -2.47. The van der Waals surface area contributed by atoms with Gasteiger partial charge in [0, 0.05) is 18.6 Å². The second-order valence-corrected chi connectivity index (χ2v) is 4.52. The average molecular weight is 217 g/mol. The average Bonchev–Trinajstić information content (AvgIpc) is 2.64. The highest BCUT2D eigenvalue weighted by Gasteiger charge is 2.31. The fraction of sp³-hybridized carbons (Fsp3) is 0.900. The first-order valence-corrected chi connectivity index (χ1v) is 5.92. The molecule has 0 aromatic heterocycles. The number of amides is 1. The third-order valence-electron chi connectivity index (χ3n) is 3.31. The molecule has 2 unspecified atom stereocenters. The third-order valence-corrected chi connectivity index (χ3v) is 3.55. The lowest BCUT2D eigenvalue weighted by atomic mass is 9.98. The van der Waals surface area contributed by atoms with Gasteiger partial charge in [0.15, 0.2) is 0 Å². The summed E-state index contributed by atoms with van der Waals surface area (Å²) in [6.45, 7) is 2.39. The van der Waals surface area contributed by atoms with E-state index in [-0.39, 0.29) is 11.8 Å². The molecule has 2 saturated heterocycles. The Balaban J connectivity index is 1.82. The number of nitrogens with one attached hydrogen (secondary N) is 1. The molecule has 0 radical (unpaired) electrons. The Morgan fingerprint density at radius 3 is 3.07 bits per heavy atom. The van der Waals surface area contributed by atoms with E-state index in [0.717, 1.165) is 19.4 Å². The van der Waals surface area contributed by atoms with Crippen molar-refractivity contribution in [2.24, 2.45) is 0 Å². The van der Waals surface area contributed by atoms with Gasteiger partial charge in [-0.15, -0.1) is 11.6 Å². The van der Waals surface area contributed by atoms with Crippen LogP contribution in [-0.4, -0.2) is 41.9 Å². The second kappa shape index (κ2) is 4.49. The van der Waals surface area contributed by atoms with Crippen LogP contribution in [0.4, 0.5) is 0 Å². The van der Waals surface area contributed by atoms with Gasteiger partial charge in [0.25, 0.3) is 0 Å². The predicted molar refractivity (Wildman–Crippen MR) is 56.5 cm³/mol. The van der Waals surface area contributed by atoms with E-state index in [4.69, 9.17) is 11.6 Å². The van der Waals surface area contributed by atoms with Crippen molar-refractivity contribution in [2.45, 2.75) is 37.8 Å². The number of carbonyl (C=O) groups is 1. The first-order chi connectivity index (χ1) is 6.79. The third kappa shape index (κ3) is 2.20. The molecule has 0 saturated carbocycles. The van der Waals surface area contributed by atoms with E-state index in [1.54, 1.807) is 0 Å². The van der Waals surface area contributed by atoms with Gasteiger partial charge >= 0.3 is 0 Å². The van der Waals surface area contributed by atoms with E-state index in [0.29, 0.717) is 12.1 Å². The van der Waals surface area contributed by atoms with Crippen molar-refractivity contribution < 1.29 is 4.79 Å². The Kier molecular flexibility index (Phi) is 3.29. The van der Waals surface area contributed by atoms with Gasteiger partial charge in [0.1, 0.15) is 5.88 Å². The van der Waals surface area contributed by atoms with Gasteiger partial charge in [-0.2, -0.15) is 0 Å². The topological polar surface area (TPSA) is 32.3 Å². The number of carbonyl (C=O) groups excluding carboxylic acids is 1. The van der Waals surface area contributed by atoms with Gasteiger partial charge in [0.05, 0.1) is 0 Å². The molecular formula is C10H17ClN2O. The van der Waals surface area contributed by atoms with Gasteiger partial charge in [-0.25, -0.2) is 0 Å². The highest BCUT2D eigenvalue weighted by molar-refractivity contribution is 6.27. The molecule has 1 amide bonds. The van der Waals surface area contributed by atoms with Crippen molar-refractivity contribution in [3.63, 3.8) is 0 Å². The van der Waals surface area contributed by atoms with Gasteiger partial charge in [-0.1, -0.05) is 0 Å². The second-order valence-electron chi connectivity index (χ2n) is 4.25. The summed E-state index contributed by atoms with van der Waals surface area (Å²) in [5.74, 6) is 0.0633. The fourth-order valence-electron chi connectivity index (χ4n) is 2.62. The first-order valence-electron chi connectivity index (χ1n) is 5.39. The minimum absolute atomic E-state index is 0.0249. The van der Waals surface area contributed by atoms with E-state index < -0.39 is 0 Å². The molecule has 2 aliphatic heterocycles. The summed E-state index contributed by atoms with van der Waals surface area (Å²) in [6, 6.07) is 1.07. The molecule has 2 aliphatic rings. The minimum atomic E-state index is -0.0249. The molecule has 2 heterocycles. The van der Waals surface area contributed by atoms with Crippen LogP contribution in [-0.2, 0) is 4.79 Å². The van der Waals surface area contributed by atoms with Crippen LogP contribution < -0.4 is 5.32 Å². The summed E-state index contributed by atoms with van der Waals surface area (Å²) in [5, 5.41) is 2.98. The smallest absolute Gasteiger partial charge is 0.235 e. The monoisotopic (exact) mass is 216 g/mol. The molecule has 3 nitrogen and oxygen atoms in total. The van der Waals surface area contributed by atoms with E-state index in [1.165, 1.54) is 19.4 Å². The molecule has 0 bridgehead atoms. The van der Waals surface area contributed by atoms with Crippen molar-refractivity contribution in [1.29, 1.82) is 0 Å². The van der Waals surface area contributed by atoms with Gasteiger partial charge in [0.2, 0.25) is 5.91 Å². The Morgan fingerprint density at radius 2 is 2.29 bits per heavy atom. The van der Waals surface area contributed by atoms with Crippen molar-refractivity contribution in [2.75, 3.05) is 19.0 Å². The van der Waals surface area contributed by atoms with Crippen LogP contribution >= 0.6 is 11.6 Å². The number of nitrogens with zero attached hydrogens (tertiary/aromatic N) is 1. The molecule has 0 spiro atoms. The van der Waals surface area contributed by atoms with Crippen LogP contribution in [0.15, 0.2) is 0 Å². The minimum Gasteiger partial charge on any atom is -0.352 e. The number of halogens is 1. The zero-order valence-corrected chi connectivity index (χ0v) is 9.09. The van der Waals surface area contributed by atoms with Crippen molar-refractivity contribution in [1.82, 2.24) is 10.2 Å². The van der Waals surface area contributed by atoms with Crippen molar-refractivity contribution in [3.05, 3.63) is 0 Å². The molecule has 0 aromatic rings. The molecule has 2 fully saturated rings. The molecule has 2 rings (SSSR count). The number of rotatable bonds is 2. The van der Waals surface area contributed by atoms with Crippen LogP contribution in [0.3, 0.4) is 0 Å². The summed E-state index contributed by atoms with van der Waals surface area (Å²) in [4.78, 5) is 13.7. The normalized spacial score (nSPS) is 32.6. The number of piperidine rings is 1. The molecule has 4 heteroatoms. The first kappa shape index (κ1) is 10.2.